The molecule has 1 fully saturated rings. The molecule has 3 aromatic heterocycles. The van der Waals surface area contributed by atoms with E-state index in [2.05, 4.69) is 15.3 Å². The number of benzene rings is 1. The van der Waals surface area contributed by atoms with Crippen LogP contribution in [0.25, 0.3) is 0 Å². The van der Waals surface area contributed by atoms with Gasteiger partial charge in [-0.05, 0) is 48.4 Å². The van der Waals surface area contributed by atoms with Gasteiger partial charge in [0.1, 0.15) is 17.3 Å². The van der Waals surface area contributed by atoms with Crippen molar-refractivity contribution in [2.75, 3.05) is 23.8 Å². The number of hydrogen-bond donors (Lipinski definition) is 1. The minimum atomic E-state index is -0.681. The van der Waals surface area contributed by atoms with Crippen LogP contribution in [-0.4, -0.2) is 50.9 Å². The topological polar surface area (TPSA) is 83.4 Å². The van der Waals surface area contributed by atoms with Crippen molar-refractivity contribution in [2.45, 2.75) is 32.0 Å². The number of carbonyl (C=O) groups excluding carboxylic acids is 2. The van der Waals surface area contributed by atoms with Crippen molar-refractivity contribution in [1.82, 2.24) is 19.4 Å². The quantitative estimate of drug-likeness (QED) is 0.370. The van der Waals surface area contributed by atoms with Crippen molar-refractivity contribution in [2.24, 2.45) is 0 Å². The average molecular weight is 537 g/mol. The van der Waals surface area contributed by atoms with Crippen LogP contribution in [0.1, 0.15) is 41.1 Å². The van der Waals surface area contributed by atoms with Crippen LogP contribution in [0.4, 0.5) is 19.6 Å². The Balaban J connectivity index is 1.39. The third kappa shape index (κ3) is 5.14. The number of anilines is 2. The molecule has 0 saturated carbocycles. The first-order valence-electron chi connectivity index (χ1n) is 12.1. The van der Waals surface area contributed by atoms with Crippen molar-refractivity contribution in [3.8, 4) is 0 Å². The molecule has 0 bridgehead atoms. The Morgan fingerprint density at radius 2 is 1.97 bits per heavy atom. The Kier molecular flexibility index (Phi) is 7.19. The number of nitrogens with one attached hydrogen (secondary N) is 1. The monoisotopic (exact) mass is 536 g/mol. The number of pyridine rings is 1. The molecule has 1 aromatic carbocycles. The van der Waals surface area contributed by atoms with Crippen LogP contribution in [0.15, 0.2) is 66.4 Å². The highest BCUT2D eigenvalue weighted by atomic mass is 32.1. The van der Waals surface area contributed by atoms with E-state index in [1.807, 2.05) is 22.9 Å². The largest absolute Gasteiger partial charge is 0.358 e. The molecule has 1 aliphatic rings. The molecule has 0 aliphatic carbocycles. The summed E-state index contributed by atoms with van der Waals surface area (Å²) in [7, 11) is 1.70. The van der Waals surface area contributed by atoms with E-state index in [4.69, 9.17) is 0 Å². The van der Waals surface area contributed by atoms with Crippen LogP contribution in [-0.2, 0) is 11.3 Å². The predicted molar refractivity (Wildman–Crippen MR) is 141 cm³/mol. The van der Waals surface area contributed by atoms with Crippen LogP contribution >= 0.6 is 11.3 Å². The van der Waals surface area contributed by atoms with Crippen molar-refractivity contribution >= 4 is 34.0 Å². The van der Waals surface area contributed by atoms with Crippen LogP contribution in [0.5, 0.6) is 0 Å². The number of carbonyl (C=O) groups is 2. The average Bonchev–Trinajstić information content (AvgIpc) is 3.64. The molecule has 0 spiro atoms. The lowest BCUT2D eigenvalue weighted by atomic mass is 10.0. The Hall–Kier alpha value is -4.12. The molecule has 0 unspecified atom stereocenters. The highest BCUT2D eigenvalue weighted by Gasteiger charge is 2.41. The molecule has 1 saturated heterocycles. The Labute approximate surface area is 222 Å². The lowest BCUT2D eigenvalue weighted by Gasteiger charge is -2.33. The van der Waals surface area contributed by atoms with Gasteiger partial charge in [0.05, 0.1) is 23.5 Å². The first kappa shape index (κ1) is 25.5. The third-order valence-electron chi connectivity index (χ3n) is 6.79. The number of amides is 2. The second kappa shape index (κ2) is 10.7. The molecule has 5 rings (SSSR count). The molecule has 1 aliphatic heterocycles. The highest BCUT2D eigenvalue weighted by Crippen LogP contribution is 2.40. The summed E-state index contributed by atoms with van der Waals surface area (Å²) in [5.41, 5.74) is 2.32. The van der Waals surface area contributed by atoms with Crippen LogP contribution in [0.2, 0.25) is 0 Å². The van der Waals surface area contributed by atoms with E-state index in [0.29, 0.717) is 36.0 Å². The van der Waals surface area contributed by atoms with Gasteiger partial charge in [-0.1, -0.05) is 0 Å². The molecular formula is C27H26F2N6O2S. The maximum absolute atomic E-state index is 14.8. The van der Waals surface area contributed by atoms with Crippen molar-refractivity contribution < 1.29 is 18.4 Å². The summed E-state index contributed by atoms with van der Waals surface area (Å²) in [5.74, 6) is -1.78. The molecule has 38 heavy (non-hydrogen) atoms. The van der Waals surface area contributed by atoms with Gasteiger partial charge in [0.2, 0.25) is 5.91 Å². The number of nitrogens with zero attached hydrogens (tertiary/aromatic N) is 5. The zero-order valence-electron chi connectivity index (χ0n) is 20.8. The molecule has 1 N–H and O–H groups in total. The number of halogens is 2. The van der Waals surface area contributed by atoms with Gasteiger partial charge in [0.15, 0.2) is 5.13 Å². The van der Waals surface area contributed by atoms with E-state index in [9.17, 15) is 18.4 Å². The lowest BCUT2D eigenvalue weighted by molar-refractivity contribution is -0.129. The zero-order chi connectivity index (χ0) is 26.8. The predicted octanol–water partition coefficient (Wildman–Crippen LogP) is 4.72. The molecule has 2 amide bonds. The zero-order valence-corrected chi connectivity index (χ0v) is 21.7. The second-order valence-electron chi connectivity index (χ2n) is 9.13. The van der Waals surface area contributed by atoms with Crippen molar-refractivity contribution in [3.63, 3.8) is 0 Å². The SMILES string of the molecule is CC(=O)N(C)[C@@H]1CCN(c2ccc(F)cc2F)[C@H]1c1csc(NC(=O)c2cccn2Cc2ccncc2)n1. The summed E-state index contributed by atoms with van der Waals surface area (Å²) in [6.45, 7) is 2.45. The number of aromatic nitrogens is 3. The van der Waals surface area contributed by atoms with Crippen LogP contribution in [0.3, 0.4) is 0 Å². The van der Waals surface area contributed by atoms with E-state index in [1.165, 1.54) is 30.4 Å². The van der Waals surface area contributed by atoms with E-state index in [0.717, 1.165) is 11.6 Å². The number of rotatable bonds is 7. The van der Waals surface area contributed by atoms with E-state index < -0.39 is 17.7 Å². The number of hydrogen-bond acceptors (Lipinski definition) is 6. The van der Waals surface area contributed by atoms with Gasteiger partial charge in [-0.25, -0.2) is 13.8 Å². The smallest absolute Gasteiger partial charge is 0.274 e. The summed E-state index contributed by atoms with van der Waals surface area (Å²) < 4.78 is 30.2. The molecule has 2 atom stereocenters. The lowest BCUT2D eigenvalue weighted by Crippen LogP contribution is -2.40. The summed E-state index contributed by atoms with van der Waals surface area (Å²) >= 11 is 1.25. The van der Waals surface area contributed by atoms with Crippen LogP contribution in [0, 0.1) is 11.6 Å². The molecule has 11 heteroatoms. The van der Waals surface area contributed by atoms with Gasteiger partial charge in [-0.2, -0.15) is 0 Å². The summed E-state index contributed by atoms with van der Waals surface area (Å²) in [6, 6.07) is 10.0. The number of thiazole rings is 1. The fourth-order valence-electron chi connectivity index (χ4n) is 4.84. The van der Waals surface area contributed by atoms with E-state index >= 15 is 0 Å². The fraction of sp³-hybridized carbons (Fsp3) is 0.259. The normalized spacial score (nSPS) is 17.0. The van der Waals surface area contributed by atoms with Gasteiger partial charge in [0, 0.05) is 57.1 Å². The van der Waals surface area contributed by atoms with E-state index in [1.54, 1.807) is 46.8 Å². The number of likely N-dealkylation sites (N-methyl/N-ethyl adjacent to an activating group) is 1. The minimum absolute atomic E-state index is 0.125. The van der Waals surface area contributed by atoms with Gasteiger partial charge >= 0.3 is 0 Å². The van der Waals surface area contributed by atoms with E-state index in [-0.39, 0.29) is 23.5 Å². The summed E-state index contributed by atoms with van der Waals surface area (Å²) in [4.78, 5) is 37.4. The minimum Gasteiger partial charge on any atom is -0.358 e. The van der Waals surface area contributed by atoms with Crippen LogP contribution < -0.4 is 10.2 Å². The Bertz CT molecular complexity index is 1460. The van der Waals surface area contributed by atoms with Gasteiger partial charge in [-0.3, -0.25) is 19.9 Å². The Morgan fingerprint density at radius 1 is 1.18 bits per heavy atom. The van der Waals surface area contributed by atoms with Crippen molar-refractivity contribution in [3.05, 3.63) is 95.0 Å². The first-order valence-corrected chi connectivity index (χ1v) is 13.0. The molecular weight excluding hydrogens is 510 g/mol. The second-order valence-corrected chi connectivity index (χ2v) is 9.99. The highest BCUT2D eigenvalue weighted by molar-refractivity contribution is 7.14. The maximum Gasteiger partial charge on any atom is 0.274 e. The Morgan fingerprint density at radius 3 is 2.71 bits per heavy atom. The van der Waals surface area contributed by atoms with Gasteiger partial charge in [0.25, 0.3) is 5.91 Å². The molecule has 8 nitrogen and oxygen atoms in total. The molecule has 4 aromatic rings. The third-order valence-corrected chi connectivity index (χ3v) is 7.57. The van der Waals surface area contributed by atoms with Gasteiger partial charge < -0.3 is 14.4 Å². The molecule has 4 heterocycles. The molecule has 0 radical (unpaired) electrons. The molecule has 196 valence electrons. The van der Waals surface area contributed by atoms with Crippen molar-refractivity contribution in [1.29, 1.82) is 0 Å². The van der Waals surface area contributed by atoms with Gasteiger partial charge in [-0.15, -0.1) is 11.3 Å². The summed E-state index contributed by atoms with van der Waals surface area (Å²) in [6.07, 6.45) is 5.82. The fourth-order valence-corrected chi connectivity index (χ4v) is 5.57. The maximum atomic E-state index is 14.8. The standard InChI is InChI=1S/C27H26F2N6O2S/c1-17(36)33(2)23-9-13-35(22-6-5-19(28)14-20(22)29)25(23)21-16-38-27(31-21)32-26(37)24-4-3-12-34(24)15-18-7-10-30-11-8-18/h3-8,10-12,14,16,23,25H,9,13,15H2,1-2H3,(H,31,32,37)/t23-,25+/m1/s1. The summed E-state index contributed by atoms with van der Waals surface area (Å²) in [5, 5.41) is 5.06. The first-order chi connectivity index (χ1) is 18.3.